The van der Waals surface area contributed by atoms with Gasteiger partial charge in [0.2, 0.25) is 0 Å². The molecule has 0 saturated heterocycles. The minimum Gasteiger partial charge on any atom is -0.433 e. The quantitative estimate of drug-likeness (QED) is 0.786. The molecule has 0 saturated carbocycles. The van der Waals surface area contributed by atoms with Crippen LogP contribution in [0.4, 0.5) is 0 Å². The van der Waals surface area contributed by atoms with Crippen LogP contribution in [0.2, 0.25) is 0 Å². The summed E-state index contributed by atoms with van der Waals surface area (Å²) >= 11 is 0. The van der Waals surface area contributed by atoms with Crippen LogP contribution < -0.4 is 4.74 Å². The Bertz CT molecular complexity index is 459. The third-order valence-corrected chi connectivity index (χ3v) is 3.14. The Morgan fingerprint density at radius 1 is 0.882 bits per heavy atom. The van der Waals surface area contributed by atoms with Crippen molar-refractivity contribution in [3.05, 3.63) is 34.8 Å². The molecule has 0 fully saturated rings. The van der Waals surface area contributed by atoms with Crippen LogP contribution in [0.15, 0.2) is 21.4 Å². The SMILES string of the molecule is CCc1coc(Oc2occ(CC)c2C)c1C. The molecule has 0 aliphatic carbocycles. The predicted molar refractivity (Wildman–Crippen MR) is 65.7 cm³/mol. The molecule has 2 heterocycles. The van der Waals surface area contributed by atoms with Gasteiger partial charge >= 0.3 is 0 Å². The third kappa shape index (κ3) is 2.09. The second kappa shape index (κ2) is 4.70. The van der Waals surface area contributed by atoms with E-state index in [2.05, 4.69) is 13.8 Å². The maximum Gasteiger partial charge on any atom is 0.295 e. The maximum atomic E-state index is 5.67. The molecule has 0 radical (unpaired) electrons. The Kier molecular flexibility index (Phi) is 3.27. The van der Waals surface area contributed by atoms with E-state index in [1.807, 2.05) is 13.8 Å². The van der Waals surface area contributed by atoms with E-state index in [4.69, 9.17) is 13.6 Å². The van der Waals surface area contributed by atoms with Gasteiger partial charge in [0.05, 0.1) is 12.5 Å². The van der Waals surface area contributed by atoms with Crippen molar-refractivity contribution in [1.29, 1.82) is 0 Å². The van der Waals surface area contributed by atoms with Gasteiger partial charge in [0.15, 0.2) is 0 Å². The van der Waals surface area contributed by atoms with Crippen molar-refractivity contribution >= 4 is 0 Å². The van der Waals surface area contributed by atoms with E-state index in [1.54, 1.807) is 12.5 Å². The van der Waals surface area contributed by atoms with Crippen LogP contribution in [0.1, 0.15) is 36.1 Å². The molecule has 3 nitrogen and oxygen atoms in total. The standard InChI is InChI=1S/C14H18O3/c1-5-11-7-15-13(9(11)3)17-14-10(4)12(6-2)8-16-14/h7-8H,5-6H2,1-4H3. The lowest BCUT2D eigenvalue weighted by Gasteiger charge is -2.01. The molecular weight excluding hydrogens is 216 g/mol. The van der Waals surface area contributed by atoms with Crippen LogP contribution >= 0.6 is 0 Å². The average molecular weight is 234 g/mol. The number of hydrogen-bond acceptors (Lipinski definition) is 3. The molecule has 0 amide bonds. The lowest BCUT2D eigenvalue weighted by Crippen LogP contribution is -1.87. The van der Waals surface area contributed by atoms with Gasteiger partial charge in [-0.05, 0) is 37.8 Å². The van der Waals surface area contributed by atoms with Crippen LogP contribution in [0.3, 0.4) is 0 Å². The largest absolute Gasteiger partial charge is 0.433 e. The molecule has 2 rings (SSSR count). The molecule has 3 heteroatoms. The molecule has 17 heavy (non-hydrogen) atoms. The zero-order valence-corrected chi connectivity index (χ0v) is 10.8. The van der Waals surface area contributed by atoms with Crippen molar-refractivity contribution in [2.24, 2.45) is 0 Å². The summed E-state index contributed by atoms with van der Waals surface area (Å²) in [6.45, 7) is 8.18. The molecule has 2 aromatic heterocycles. The summed E-state index contributed by atoms with van der Waals surface area (Å²) in [4.78, 5) is 0. The average Bonchev–Trinajstić information content (AvgIpc) is 2.85. The van der Waals surface area contributed by atoms with E-state index in [1.165, 1.54) is 11.1 Å². The Hall–Kier alpha value is -1.64. The molecule has 0 atom stereocenters. The topological polar surface area (TPSA) is 35.5 Å². The lowest BCUT2D eigenvalue weighted by atomic mass is 10.1. The smallest absolute Gasteiger partial charge is 0.295 e. The first-order valence-electron chi connectivity index (χ1n) is 5.99. The second-order valence-electron chi connectivity index (χ2n) is 4.16. The number of rotatable bonds is 4. The van der Waals surface area contributed by atoms with E-state index in [0.717, 1.165) is 24.0 Å². The molecule has 0 aliphatic heterocycles. The summed E-state index contributed by atoms with van der Waals surface area (Å²) in [5.74, 6) is 1.06. The monoisotopic (exact) mass is 234 g/mol. The van der Waals surface area contributed by atoms with Crippen molar-refractivity contribution in [1.82, 2.24) is 0 Å². The van der Waals surface area contributed by atoms with E-state index in [0.29, 0.717) is 11.9 Å². The van der Waals surface area contributed by atoms with Gasteiger partial charge in [-0.1, -0.05) is 13.8 Å². The number of furan rings is 2. The third-order valence-electron chi connectivity index (χ3n) is 3.14. The fourth-order valence-corrected chi connectivity index (χ4v) is 1.85. The Morgan fingerprint density at radius 2 is 1.29 bits per heavy atom. The maximum absolute atomic E-state index is 5.67. The first-order valence-corrected chi connectivity index (χ1v) is 5.99. The first-order chi connectivity index (χ1) is 8.17. The predicted octanol–water partition coefficient (Wildman–Crippen LogP) is 4.41. The van der Waals surface area contributed by atoms with E-state index in [-0.39, 0.29) is 0 Å². The summed E-state index contributed by atoms with van der Waals surface area (Å²) in [6, 6.07) is 0. The highest BCUT2D eigenvalue weighted by molar-refractivity contribution is 5.36. The van der Waals surface area contributed by atoms with Crippen molar-refractivity contribution in [2.75, 3.05) is 0 Å². The van der Waals surface area contributed by atoms with Crippen LogP contribution in [0.25, 0.3) is 0 Å². The first kappa shape index (κ1) is 11.8. The van der Waals surface area contributed by atoms with E-state index < -0.39 is 0 Å². The molecule has 0 unspecified atom stereocenters. The van der Waals surface area contributed by atoms with Crippen LogP contribution in [-0.2, 0) is 12.8 Å². The molecule has 0 aromatic carbocycles. The van der Waals surface area contributed by atoms with Gasteiger partial charge < -0.3 is 13.6 Å². The van der Waals surface area contributed by atoms with Gasteiger partial charge in [0, 0.05) is 11.1 Å². The summed E-state index contributed by atoms with van der Waals surface area (Å²) in [5, 5.41) is 0. The van der Waals surface area contributed by atoms with E-state index >= 15 is 0 Å². The molecule has 92 valence electrons. The van der Waals surface area contributed by atoms with Crippen LogP contribution in [0, 0.1) is 13.8 Å². The van der Waals surface area contributed by atoms with Gasteiger partial charge in [-0.25, -0.2) is 0 Å². The summed E-state index contributed by atoms with van der Waals surface area (Å²) in [7, 11) is 0. The van der Waals surface area contributed by atoms with Crippen LogP contribution in [0.5, 0.6) is 11.9 Å². The Labute approximate surface area is 101 Å². The van der Waals surface area contributed by atoms with Gasteiger partial charge in [0.1, 0.15) is 0 Å². The Balaban J connectivity index is 2.25. The second-order valence-corrected chi connectivity index (χ2v) is 4.16. The van der Waals surface area contributed by atoms with Crippen molar-refractivity contribution in [2.45, 2.75) is 40.5 Å². The highest BCUT2D eigenvalue weighted by atomic mass is 16.6. The number of aryl methyl sites for hydroxylation is 2. The zero-order valence-electron chi connectivity index (χ0n) is 10.8. The fraction of sp³-hybridized carbons (Fsp3) is 0.429. The molecule has 0 N–H and O–H groups in total. The lowest BCUT2D eigenvalue weighted by molar-refractivity contribution is 0.276. The van der Waals surface area contributed by atoms with Crippen molar-refractivity contribution in [3.8, 4) is 11.9 Å². The summed E-state index contributed by atoms with van der Waals surface area (Å²) in [5.41, 5.74) is 4.42. The molecule has 0 spiro atoms. The number of hydrogen-bond donors (Lipinski definition) is 0. The van der Waals surface area contributed by atoms with Crippen LogP contribution in [-0.4, -0.2) is 0 Å². The fourth-order valence-electron chi connectivity index (χ4n) is 1.85. The minimum atomic E-state index is 0.530. The molecule has 0 bridgehead atoms. The number of ether oxygens (including phenoxy) is 1. The minimum absolute atomic E-state index is 0.530. The summed E-state index contributed by atoms with van der Waals surface area (Å²) < 4.78 is 16.5. The molecule has 2 aromatic rings. The zero-order chi connectivity index (χ0) is 12.4. The van der Waals surface area contributed by atoms with Gasteiger partial charge in [-0.15, -0.1) is 0 Å². The van der Waals surface area contributed by atoms with Crippen molar-refractivity contribution < 1.29 is 13.6 Å². The van der Waals surface area contributed by atoms with E-state index in [9.17, 15) is 0 Å². The summed E-state index contributed by atoms with van der Waals surface area (Å²) in [6.07, 6.45) is 5.36. The Morgan fingerprint density at radius 3 is 1.59 bits per heavy atom. The molecular formula is C14H18O3. The molecule has 0 aliphatic rings. The highest BCUT2D eigenvalue weighted by Gasteiger charge is 2.15. The van der Waals surface area contributed by atoms with Gasteiger partial charge in [-0.2, -0.15) is 0 Å². The van der Waals surface area contributed by atoms with Gasteiger partial charge in [-0.3, -0.25) is 0 Å². The highest BCUT2D eigenvalue weighted by Crippen LogP contribution is 2.33. The van der Waals surface area contributed by atoms with Gasteiger partial charge in [0.25, 0.3) is 11.9 Å². The van der Waals surface area contributed by atoms with Crippen molar-refractivity contribution in [3.63, 3.8) is 0 Å². The normalized spacial score (nSPS) is 10.8.